The highest BCUT2D eigenvalue weighted by Gasteiger charge is 2.37. The second kappa shape index (κ2) is 11.1. The van der Waals surface area contributed by atoms with Crippen LogP contribution in [0.1, 0.15) is 11.1 Å². The summed E-state index contributed by atoms with van der Waals surface area (Å²) in [7, 11) is -7.91. The lowest BCUT2D eigenvalue weighted by molar-refractivity contribution is -0.122. The van der Waals surface area contributed by atoms with Crippen molar-refractivity contribution in [2.24, 2.45) is 0 Å². The Morgan fingerprint density at radius 1 is 0.829 bits per heavy atom. The van der Waals surface area contributed by atoms with Gasteiger partial charge < -0.3 is 10.1 Å². The third kappa shape index (κ3) is 6.02. The molecule has 1 heterocycles. The van der Waals surface area contributed by atoms with E-state index in [2.05, 4.69) is 10.0 Å². The number of halogens is 1. The van der Waals surface area contributed by atoms with Gasteiger partial charge in [-0.15, -0.1) is 0 Å². The number of aryl methyl sites for hydroxylation is 2. The molecule has 1 aliphatic heterocycles. The van der Waals surface area contributed by atoms with Crippen molar-refractivity contribution in [3.05, 3.63) is 107 Å². The molecule has 0 aromatic heterocycles. The van der Waals surface area contributed by atoms with E-state index >= 15 is 0 Å². The van der Waals surface area contributed by atoms with Crippen molar-refractivity contribution in [1.29, 1.82) is 0 Å². The van der Waals surface area contributed by atoms with Crippen LogP contribution in [0.25, 0.3) is 0 Å². The van der Waals surface area contributed by atoms with Gasteiger partial charge in [0.05, 0.1) is 22.0 Å². The molecular formula is C29H26ClN3O6S2. The van der Waals surface area contributed by atoms with Crippen molar-refractivity contribution in [2.45, 2.75) is 29.7 Å². The molecule has 0 saturated carbocycles. The molecule has 4 aromatic rings. The number of sulfonamides is 2. The van der Waals surface area contributed by atoms with E-state index in [0.717, 1.165) is 15.4 Å². The van der Waals surface area contributed by atoms with Crippen molar-refractivity contribution in [3.63, 3.8) is 0 Å². The normalized spacial score (nSPS) is 15.0. The molecule has 41 heavy (non-hydrogen) atoms. The van der Waals surface area contributed by atoms with Crippen molar-refractivity contribution in [1.82, 2.24) is 0 Å². The van der Waals surface area contributed by atoms with Gasteiger partial charge in [0.2, 0.25) is 0 Å². The summed E-state index contributed by atoms with van der Waals surface area (Å²) in [5.74, 6) is -0.366. The van der Waals surface area contributed by atoms with Gasteiger partial charge in [0.25, 0.3) is 26.0 Å². The Labute approximate surface area is 243 Å². The minimum Gasteiger partial charge on any atom is -0.476 e. The van der Waals surface area contributed by atoms with Gasteiger partial charge in [0.15, 0.2) is 6.10 Å². The first-order chi connectivity index (χ1) is 19.4. The lowest BCUT2D eigenvalue weighted by Crippen LogP contribution is -2.48. The summed E-state index contributed by atoms with van der Waals surface area (Å²) in [6, 6.07) is 23.2. The first-order valence-electron chi connectivity index (χ1n) is 12.5. The molecule has 1 amide bonds. The molecule has 0 spiro atoms. The van der Waals surface area contributed by atoms with E-state index in [4.69, 9.17) is 16.3 Å². The van der Waals surface area contributed by atoms with Gasteiger partial charge in [-0.25, -0.2) is 16.8 Å². The molecule has 4 aromatic carbocycles. The third-order valence-corrected chi connectivity index (χ3v) is 10.1. The van der Waals surface area contributed by atoms with Gasteiger partial charge in [-0.05, 0) is 97.8 Å². The second-order valence-corrected chi connectivity index (χ2v) is 13.5. The molecule has 0 unspecified atom stereocenters. The molecule has 0 bridgehead atoms. The smallest absolute Gasteiger partial charge is 0.267 e. The van der Waals surface area contributed by atoms with Gasteiger partial charge in [-0.1, -0.05) is 29.8 Å². The molecule has 9 nitrogen and oxygen atoms in total. The number of fused-ring (bicyclic) bond motifs is 1. The van der Waals surface area contributed by atoms with Crippen LogP contribution in [0.5, 0.6) is 5.75 Å². The number of carbonyl (C=O) groups is 1. The molecule has 212 valence electrons. The topological polar surface area (TPSA) is 122 Å². The summed E-state index contributed by atoms with van der Waals surface area (Å²) in [6.45, 7) is 3.56. The summed E-state index contributed by atoms with van der Waals surface area (Å²) < 4.78 is 62.3. The highest BCUT2D eigenvalue weighted by molar-refractivity contribution is 7.93. The van der Waals surface area contributed by atoms with Crippen molar-refractivity contribution in [3.8, 4) is 5.75 Å². The molecule has 0 radical (unpaired) electrons. The van der Waals surface area contributed by atoms with Crippen molar-refractivity contribution >= 4 is 54.6 Å². The zero-order valence-corrected chi connectivity index (χ0v) is 24.4. The fraction of sp³-hybridized carbons (Fsp3) is 0.138. The monoisotopic (exact) mass is 611 g/mol. The van der Waals surface area contributed by atoms with Crippen LogP contribution in [0.2, 0.25) is 5.02 Å². The number of hydrogen-bond donors (Lipinski definition) is 2. The van der Waals surface area contributed by atoms with E-state index < -0.39 is 32.1 Å². The highest BCUT2D eigenvalue weighted by Crippen LogP contribution is 2.37. The van der Waals surface area contributed by atoms with Crippen LogP contribution >= 0.6 is 11.6 Å². The number of carbonyl (C=O) groups excluding carboxylic acids is 1. The van der Waals surface area contributed by atoms with Gasteiger partial charge in [0.1, 0.15) is 5.75 Å². The number of para-hydroxylation sites is 2. The van der Waals surface area contributed by atoms with Crippen LogP contribution in [-0.4, -0.2) is 35.4 Å². The summed E-state index contributed by atoms with van der Waals surface area (Å²) in [5.41, 5.74) is 3.06. The Balaban J connectivity index is 1.33. The molecule has 0 aliphatic carbocycles. The van der Waals surface area contributed by atoms with E-state index in [1.165, 1.54) is 48.5 Å². The average Bonchev–Trinajstić information content (AvgIpc) is 2.94. The largest absolute Gasteiger partial charge is 0.476 e. The number of anilines is 3. The molecule has 1 atom stereocenters. The first-order valence-corrected chi connectivity index (χ1v) is 15.8. The molecule has 0 fully saturated rings. The quantitative estimate of drug-likeness (QED) is 0.290. The fourth-order valence-electron chi connectivity index (χ4n) is 4.26. The van der Waals surface area contributed by atoms with Crippen LogP contribution < -0.4 is 19.1 Å². The zero-order chi connectivity index (χ0) is 29.4. The predicted octanol–water partition coefficient (Wildman–Crippen LogP) is 5.35. The Morgan fingerprint density at radius 3 is 2.15 bits per heavy atom. The molecule has 2 N–H and O–H groups in total. The molecule has 12 heteroatoms. The van der Waals surface area contributed by atoms with E-state index in [1.807, 2.05) is 19.9 Å². The molecular weight excluding hydrogens is 586 g/mol. The Morgan fingerprint density at radius 2 is 1.46 bits per heavy atom. The standard InChI is InChI=1S/C29H26ClN3O6S2/c1-19-7-10-23(17-20(19)2)32-40(35,36)24-15-11-22(12-16-24)31-29(34)28-18-33(26-5-3-4-6-27(26)39-28)41(37,38)25-13-8-21(30)9-14-25/h3-17,28,32H,18H2,1-2H3,(H,31,34)/t28-/m0/s1. The molecule has 1 aliphatic rings. The lowest BCUT2D eigenvalue weighted by atomic mass is 10.1. The zero-order valence-electron chi connectivity index (χ0n) is 22.0. The number of hydrogen-bond acceptors (Lipinski definition) is 6. The van der Waals surface area contributed by atoms with Gasteiger partial charge in [-0.3, -0.25) is 13.8 Å². The predicted molar refractivity (Wildman–Crippen MR) is 159 cm³/mol. The van der Waals surface area contributed by atoms with Crippen LogP contribution in [-0.2, 0) is 24.8 Å². The summed E-state index contributed by atoms with van der Waals surface area (Å²) in [6.07, 6.45) is -1.18. The van der Waals surface area contributed by atoms with E-state index in [9.17, 15) is 21.6 Å². The average molecular weight is 612 g/mol. The van der Waals surface area contributed by atoms with Crippen LogP contribution in [0.4, 0.5) is 17.1 Å². The van der Waals surface area contributed by atoms with Crippen LogP contribution in [0.15, 0.2) is 101 Å². The summed E-state index contributed by atoms with van der Waals surface area (Å²) >= 11 is 5.93. The number of nitrogens with zero attached hydrogens (tertiary/aromatic N) is 1. The van der Waals surface area contributed by atoms with Crippen LogP contribution in [0.3, 0.4) is 0 Å². The van der Waals surface area contributed by atoms with Crippen molar-refractivity contribution in [2.75, 3.05) is 20.9 Å². The number of ether oxygens (including phenoxy) is 1. The van der Waals surface area contributed by atoms with E-state index in [-0.39, 0.29) is 22.1 Å². The second-order valence-electron chi connectivity index (χ2n) is 9.48. The number of rotatable bonds is 7. The lowest BCUT2D eigenvalue weighted by Gasteiger charge is -2.34. The van der Waals surface area contributed by atoms with Gasteiger partial charge in [0, 0.05) is 16.4 Å². The van der Waals surface area contributed by atoms with E-state index in [1.54, 1.807) is 36.4 Å². The molecule has 5 rings (SSSR count). The maximum Gasteiger partial charge on any atom is 0.267 e. The minimum atomic E-state index is -4.04. The van der Waals surface area contributed by atoms with E-state index in [0.29, 0.717) is 22.1 Å². The van der Waals surface area contributed by atoms with Gasteiger partial charge >= 0.3 is 0 Å². The summed E-state index contributed by atoms with van der Waals surface area (Å²) in [4.78, 5) is 13.2. The number of benzene rings is 4. The number of nitrogens with one attached hydrogen (secondary N) is 2. The Bertz CT molecular complexity index is 1830. The van der Waals surface area contributed by atoms with Crippen molar-refractivity contribution < 1.29 is 26.4 Å². The van der Waals surface area contributed by atoms with Crippen LogP contribution in [0, 0.1) is 13.8 Å². The molecule has 0 saturated heterocycles. The SMILES string of the molecule is Cc1ccc(NS(=O)(=O)c2ccc(NC(=O)[C@@H]3CN(S(=O)(=O)c4ccc(Cl)cc4)c4ccccc4O3)cc2)cc1C. The first kappa shape index (κ1) is 28.5. The Kier molecular flexibility index (Phi) is 7.69. The Hall–Kier alpha value is -4.06. The number of amides is 1. The fourth-order valence-corrected chi connectivity index (χ4v) is 6.91. The van der Waals surface area contributed by atoms with Gasteiger partial charge in [-0.2, -0.15) is 0 Å². The third-order valence-electron chi connectivity index (χ3n) is 6.62. The minimum absolute atomic E-state index is 0.0109. The summed E-state index contributed by atoms with van der Waals surface area (Å²) in [5, 5.41) is 3.08. The highest BCUT2D eigenvalue weighted by atomic mass is 35.5. The maximum absolute atomic E-state index is 13.5. The maximum atomic E-state index is 13.5.